The fourth-order valence-electron chi connectivity index (χ4n) is 3.93. The van der Waals surface area contributed by atoms with Crippen LogP contribution in [-0.4, -0.2) is 30.1 Å². The van der Waals surface area contributed by atoms with Gasteiger partial charge in [-0.05, 0) is 55.0 Å². The molecule has 34 heavy (non-hydrogen) atoms. The normalized spacial score (nSPS) is 16.3. The van der Waals surface area contributed by atoms with Crippen LogP contribution in [0.25, 0.3) is 0 Å². The summed E-state index contributed by atoms with van der Waals surface area (Å²) in [6.07, 6.45) is 1.67. The zero-order valence-corrected chi connectivity index (χ0v) is 18.3. The number of nitrogens with zero attached hydrogens (tertiary/aromatic N) is 3. The molecule has 1 unspecified atom stereocenters. The maximum absolute atomic E-state index is 12.9. The molecule has 5 rings (SSSR count). The molecule has 1 N–H and O–H groups in total. The standard InChI is InChI=1S/C25H20N4O5/c1-15-9-19(34-25-16(12-26)3-2-8-27-25)5-6-20(15)28-24(31)17-10-23(30)29(13-17)18-4-7-21-22(11-18)33-14-32-21/h2-9,11,17H,10,13-14H2,1H3,(H,28,31). The van der Waals surface area contributed by atoms with E-state index in [1.807, 2.05) is 13.0 Å². The first-order valence-electron chi connectivity index (χ1n) is 10.7. The number of hydrogen-bond acceptors (Lipinski definition) is 7. The van der Waals surface area contributed by atoms with Crippen LogP contribution in [0.5, 0.6) is 23.1 Å². The molecule has 1 atom stereocenters. The van der Waals surface area contributed by atoms with E-state index in [0.29, 0.717) is 34.2 Å². The Kier molecular flexibility index (Phi) is 5.47. The van der Waals surface area contributed by atoms with E-state index in [2.05, 4.69) is 10.3 Å². The molecule has 9 nitrogen and oxygen atoms in total. The summed E-state index contributed by atoms with van der Waals surface area (Å²) in [7, 11) is 0. The Morgan fingerprint density at radius 3 is 2.88 bits per heavy atom. The molecule has 2 aliphatic heterocycles. The van der Waals surface area contributed by atoms with E-state index in [9.17, 15) is 14.9 Å². The van der Waals surface area contributed by atoms with Gasteiger partial charge in [-0.1, -0.05) is 0 Å². The lowest BCUT2D eigenvalue weighted by Gasteiger charge is -2.17. The molecule has 0 spiro atoms. The van der Waals surface area contributed by atoms with Crippen LogP contribution < -0.4 is 24.4 Å². The van der Waals surface area contributed by atoms with E-state index in [-0.39, 0.29) is 37.5 Å². The van der Waals surface area contributed by atoms with Gasteiger partial charge in [0.25, 0.3) is 0 Å². The number of nitrogens with one attached hydrogen (secondary N) is 1. The van der Waals surface area contributed by atoms with E-state index in [4.69, 9.17) is 14.2 Å². The van der Waals surface area contributed by atoms with Crippen molar-refractivity contribution in [1.82, 2.24) is 4.98 Å². The van der Waals surface area contributed by atoms with E-state index < -0.39 is 5.92 Å². The SMILES string of the molecule is Cc1cc(Oc2ncccc2C#N)ccc1NC(=O)C1CC(=O)N(c2ccc3c(c2)OCO3)C1. The van der Waals surface area contributed by atoms with Crippen LogP contribution in [0.1, 0.15) is 17.5 Å². The minimum Gasteiger partial charge on any atom is -0.454 e. The Bertz CT molecular complexity index is 1330. The Hall–Kier alpha value is -4.58. The minimum absolute atomic E-state index is 0.122. The maximum atomic E-state index is 12.9. The number of nitriles is 1. The number of fused-ring (bicyclic) bond motifs is 1. The average molecular weight is 456 g/mol. The van der Waals surface area contributed by atoms with Crippen molar-refractivity contribution >= 4 is 23.2 Å². The zero-order valence-electron chi connectivity index (χ0n) is 18.3. The van der Waals surface area contributed by atoms with Crippen LogP contribution >= 0.6 is 0 Å². The van der Waals surface area contributed by atoms with E-state index in [1.54, 1.807) is 59.6 Å². The van der Waals surface area contributed by atoms with Crippen molar-refractivity contribution in [2.45, 2.75) is 13.3 Å². The maximum Gasteiger partial charge on any atom is 0.237 e. The Morgan fingerprint density at radius 2 is 2.06 bits per heavy atom. The van der Waals surface area contributed by atoms with Gasteiger partial charge in [0.15, 0.2) is 11.5 Å². The lowest BCUT2D eigenvalue weighted by atomic mass is 10.1. The van der Waals surface area contributed by atoms with Gasteiger partial charge in [0.1, 0.15) is 17.4 Å². The molecule has 3 heterocycles. The van der Waals surface area contributed by atoms with Crippen LogP contribution in [0.3, 0.4) is 0 Å². The first-order valence-corrected chi connectivity index (χ1v) is 10.7. The predicted molar refractivity (Wildman–Crippen MR) is 122 cm³/mol. The average Bonchev–Trinajstić information content (AvgIpc) is 3.47. The fraction of sp³-hybridized carbons (Fsp3) is 0.200. The number of ether oxygens (including phenoxy) is 3. The largest absolute Gasteiger partial charge is 0.454 e. The highest BCUT2D eigenvalue weighted by Gasteiger charge is 2.36. The Labute approximate surface area is 195 Å². The summed E-state index contributed by atoms with van der Waals surface area (Å²) >= 11 is 0. The molecule has 3 aromatic rings. The number of carbonyl (C=O) groups is 2. The number of amides is 2. The Balaban J connectivity index is 1.25. The molecule has 2 amide bonds. The summed E-state index contributed by atoms with van der Waals surface area (Å²) in [5, 5.41) is 12.1. The van der Waals surface area contributed by atoms with Crippen LogP contribution in [0.4, 0.5) is 11.4 Å². The molecule has 1 saturated heterocycles. The smallest absolute Gasteiger partial charge is 0.237 e. The molecule has 2 aliphatic rings. The van der Waals surface area contributed by atoms with Crippen molar-refractivity contribution in [3.05, 3.63) is 65.9 Å². The van der Waals surface area contributed by atoms with E-state index in [0.717, 1.165) is 5.56 Å². The van der Waals surface area contributed by atoms with Crippen molar-refractivity contribution in [3.8, 4) is 29.2 Å². The highest BCUT2D eigenvalue weighted by molar-refractivity contribution is 6.03. The third kappa shape index (κ3) is 4.09. The summed E-state index contributed by atoms with van der Waals surface area (Å²) in [5.74, 6) is 1.10. The van der Waals surface area contributed by atoms with Gasteiger partial charge in [0.2, 0.25) is 24.5 Å². The van der Waals surface area contributed by atoms with Gasteiger partial charge in [-0.15, -0.1) is 0 Å². The summed E-state index contributed by atoms with van der Waals surface area (Å²) in [4.78, 5) is 31.2. The number of hydrogen-bond donors (Lipinski definition) is 1. The number of carbonyl (C=O) groups excluding carboxylic acids is 2. The molecule has 9 heteroatoms. The summed E-state index contributed by atoms with van der Waals surface area (Å²) in [6.45, 7) is 2.27. The monoisotopic (exact) mass is 456 g/mol. The van der Waals surface area contributed by atoms with Crippen molar-refractivity contribution in [2.75, 3.05) is 23.6 Å². The van der Waals surface area contributed by atoms with Crippen LogP contribution in [-0.2, 0) is 9.59 Å². The topological polar surface area (TPSA) is 114 Å². The minimum atomic E-state index is -0.486. The van der Waals surface area contributed by atoms with Crippen LogP contribution in [0.2, 0.25) is 0 Å². The van der Waals surface area contributed by atoms with Gasteiger partial charge in [0.05, 0.1) is 5.92 Å². The van der Waals surface area contributed by atoms with Crippen LogP contribution in [0.15, 0.2) is 54.7 Å². The third-order valence-corrected chi connectivity index (χ3v) is 5.73. The molecule has 1 fully saturated rings. The summed E-state index contributed by atoms with van der Waals surface area (Å²) in [6, 6.07) is 15.8. The van der Waals surface area contributed by atoms with Gasteiger partial charge in [-0.2, -0.15) is 5.26 Å². The number of anilines is 2. The van der Waals surface area contributed by atoms with E-state index >= 15 is 0 Å². The lowest BCUT2D eigenvalue weighted by molar-refractivity contribution is -0.122. The molecule has 0 radical (unpaired) electrons. The molecule has 2 aromatic carbocycles. The first-order chi connectivity index (χ1) is 16.5. The summed E-state index contributed by atoms with van der Waals surface area (Å²) in [5.41, 5.74) is 2.40. The van der Waals surface area contributed by atoms with Crippen molar-refractivity contribution in [2.24, 2.45) is 5.92 Å². The molecular formula is C25H20N4O5. The van der Waals surface area contributed by atoms with E-state index in [1.165, 1.54) is 0 Å². The second-order valence-electron chi connectivity index (χ2n) is 7.98. The number of pyridine rings is 1. The quantitative estimate of drug-likeness (QED) is 0.622. The molecule has 0 saturated carbocycles. The number of benzene rings is 2. The van der Waals surface area contributed by atoms with Crippen molar-refractivity contribution in [3.63, 3.8) is 0 Å². The van der Waals surface area contributed by atoms with Gasteiger partial charge >= 0.3 is 0 Å². The summed E-state index contributed by atoms with van der Waals surface area (Å²) < 4.78 is 16.4. The second-order valence-corrected chi connectivity index (χ2v) is 7.98. The fourth-order valence-corrected chi connectivity index (χ4v) is 3.93. The van der Waals surface area contributed by atoms with Crippen molar-refractivity contribution < 1.29 is 23.8 Å². The zero-order chi connectivity index (χ0) is 23.7. The van der Waals surface area contributed by atoms with Crippen LogP contribution in [0, 0.1) is 24.2 Å². The third-order valence-electron chi connectivity index (χ3n) is 5.73. The lowest BCUT2D eigenvalue weighted by Crippen LogP contribution is -2.28. The number of rotatable bonds is 5. The Morgan fingerprint density at radius 1 is 1.21 bits per heavy atom. The highest BCUT2D eigenvalue weighted by atomic mass is 16.7. The molecule has 0 aliphatic carbocycles. The molecule has 1 aromatic heterocycles. The second kappa shape index (κ2) is 8.75. The number of aryl methyl sites for hydroxylation is 1. The molecular weight excluding hydrogens is 436 g/mol. The molecule has 0 bridgehead atoms. The van der Waals surface area contributed by atoms with Gasteiger partial charge in [0, 0.05) is 36.6 Å². The van der Waals surface area contributed by atoms with Gasteiger partial charge in [-0.3, -0.25) is 9.59 Å². The molecule has 170 valence electrons. The van der Waals surface area contributed by atoms with Gasteiger partial charge in [-0.25, -0.2) is 4.98 Å². The highest BCUT2D eigenvalue weighted by Crippen LogP contribution is 2.37. The van der Waals surface area contributed by atoms with Crippen molar-refractivity contribution in [1.29, 1.82) is 5.26 Å². The first kappa shape index (κ1) is 21.3. The number of aromatic nitrogens is 1. The predicted octanol–water partition coefficient (Wildman–Crippen LogP) is 3.77. The van der Waals surface area contributed by atoms with Gasteiger partial charge < -0.3 is 24.4 Å².